The molecule has 1 aromatic carbocycles. The van der Waals surface area contributed by atoms with Crippen molar-refractivity contribution in [3.63, 3.8) is 0 Å². The molecule has 68 valence electrons. The molecule has 0 saturated heterocycles. The minimum atomic E-state index is -0.139. The minimum Gasteiger partial charge on any atom is -0.345 e. The summed E-state index contributed by atoms with van der Waals surface area (Å²) >= 11 is 0. The summed E-state index contributed by atoms with van der Waals surface area (Å²) in [6, 6.07) is 3.56. The zero-order valence-corrected chi connectivity index (χ0v) is 7.11. The molecular formula is C9H6N4O. The number of hydrogen-bond acceptors (Lipinski definition) is 3. The van der Waals surface area contributed by atoms with Crippen LogP contribution in [0.25, 0.3) is 21.9 Å². The lowest BCUT2D eigenvalue weighted by Crippen LogP contribution is -2.05. The standard InChI is InChI=1S/C9H6N4O/c14-9-5-1-2-6-8(12-3-10-6)7(5)11-4-13-9/h1-4H,(H,10,12)(H,11,13,14). The van der Waals surface area contributed by atoms with Crippen LogP contribution in [-0.2, 0) is 0 Å². The van der Waals surface area contributed by atoms with Crippen LogP contribution in [0.4, 0.5) is 0 Å². The average Bonchev–Trinajstić information content (AvgIpc) is 2.66. The van der Waals surface area contributed by atoms with Gasteiger partial charge in [-0.2, -0.15) is 0 Å². The fourth-order valence-electron chi connectivity index (χ4n) is 1.54. The molecule has 0 unspecified atom stereocenters. The van der Waals surface area contributed by atoms with Gasteiger partial charge >= 0.3 is 0 Å². The molecule has 0 atom stereocenters. The number of benzene rings is 1. The van der Waals surface area contributed by atoms with Crippen LogP contribution < -0.4 is 5.56 Å². The van der Waals surface area contributed by atoms with Gasteiger partial charge in [-0.25, -0.2) is 9.97 Å². The summed E-state index contributed by atoms with van der Waals surface area (Å²) in [5.74, 6) is 0. The first-order valence-electron chi connectivity index (χ1n) is 4.16. The Morgan fingerprint density at radius 1 is 1.00 bits per heavy atom. The largest absolute Gasteiger partial charge is 0.345 e. The fraction of sp³-hybridized carbons (Fsp3) is 0. The van der Waals surface area contributed by atoms with Crippen molar-refractivity contribution < 1.29 is 0 Å². The van der Waals surface area contributed by atoms with E-state index >= 15 is 0 Å². The minimum absolute atomic E-state index is 0.139. The number of H-pyrrole nitrogens is 2. The lowest BCUT2D eigenvalue weighted by molar-refractivity contribution is 1.17. The lowest BCUT2D eigenvalue weighted by Gasteiger charge is -1.95. The fourth-order valence-corrected chi connectivity index (χ4v) is 1.54. The van der Waals surface area contributed by atoms with Crippen LogP contribution in [0.1, 0.15) is 0 Å². The number of hydrogen-bond donors (Lipinski definition) is 2. The van der Waals surface area contributed by atoms with Crippen LogP contribution >= 0.6 is 0 Å². The molecule has 0 amide bonds. The molecule has 2 aromatic heterocycles. The van der Waals surface area contributed by atoms with Gasteiger partial charge in [0.2, 0.25) is 0 Å². The van der Waals surface area contributed by atoms with E-state index in [-0.39, 0.29) is 5.56 Å². The molecule has 2 heterocycles. The van der Waals surface area contributed by atoms with Gasteiger partial charge in [0.25, 0.3) is 5.56 Å². The van der Waals surface area contributed by atoms with Crippen molar-refractivity contribution in [2.45, 2.75) is 0 Å². The maximum atomic E-state index is 11.4. The summed E-state index contributed by atoms with van der Waals surface area (Å²) in [5, 5.41) is 0.562. The third kappa shape index (κ3) is 0.806. The molecule has 0 fully saturated rings. The summed E-state index contributed by atoms with van der Waals surface area (Å²) in [5.41, 5.74) is 2.11. The predicted octanol–water partition coefficient (Wildman–Crippen LogP) is 0.799. The normalized spacial score (nSPS) is 11.1. The molecular weight excluding hydrogens is 180 g/mol. The maximum absolute atomic E-state index is 11.4. The first-order valence-corrected chi connectivity index (χ1v) is 4.16. The second-order valence-corrected chi connectivity index (χ2v) is 2.99. The van der Waals surface area contributed by atoms with E-state index in [2.05, 4.69) is 19.9 Å². The Hall–Kier alpha value is -2.17. The number of fused-ring (bicyclic) bond motifs is 3. The molecule has 3 rings (SSSR count). The summed E-state index contributed by atoms with van der Waals surface area (Å²) in [6.45, 7) is 0. The van der Waals surface area contributed by atoms with Crippen LogP contribution in [0.3, 0.4) is 0 Å². The van der Waals surface area contributed by atoms with Gasteiger partial charge in [0, 0.05) is 0 Å². The van der Waals surface area contributed by atoms with Gasteiger partial charge in [0.15, 0.2) is 0 Å². The van der Waals surface area contributed by atoms with Gasteiger partial charge in [-0.1, -0.05) is 0 Å². The highest BCUT2D eigenvalue weighted by Crippen LogP contribution is 2.16. The molecule has 0 bridgehead atoms. The van der Waals surface area contributed by atoms with Gasteiger partial charge in [-0.3, -0.25) is 4.79 Å². The molecule has 0 aliphatic rings. The smallest absolute Gasteiger partial charge is 0.258 e. The van der Waals surface area contributed by atoms with Crippen molar-refractivity contribution in [1.29, 1.82) is 0 Å². The average molecular weight is 186 g/mol. The Kier molecular flexibility index (Phi) is 1.25. The van der Waals surface area contributed by atoms with E-state index in [9.17, 15) is 4.79 Å². The van der Waals surface area contributed by atoms with E-state index < -0.39 is 0 Å². The highest BCUT2D eigenvalue weighted by molar-refractivity contribution is 6.00. The summed E-state index contributed by atoms with van der Waals surface area (Å²) in [6.07, 6.45) is 2.98. The van der Waals surface area contributed by atoms with Crippen molar-refractivity contribution in [3.8, 4) is 0 Å². The van der Waals surface area contributed by atoms with Gasteiger partial charge < -0.3 is 9.97 Å². The van der Waals surface area contributed by atoms with Gasteiger partial charge in [0.05, 0.1) is 23.6 Å². The zero-order valence-electron chi connectivity index (χ0n) is 7.11. The SMILES string of the molecule is O=c1[nH]cnc2c1ccc1[nH]cnc12. The summed E-state index contributed by atoms with van der Waals surface area (Å²) in [4.78, 5) is 25.1. The monoisotopic (exact) mass is 186 g/mol. The Morgan fingerprint density at radius 2 is 1.79 bits per heavy atom. The van der Waals surface area contributed by atoms with E-state index in [1.54, 1.807) is 12.4 Å². The second-order valence-electron chi connectivity index (χ2n) is 2.99. The van der Waals surface area contributed by atoms with Crippen LogP contribution in [0.2, 0.25) is 0 Å². The number of imidazole rings is 1. The molecule has 3 aromatic rings. The van der Waals surface area contributed by atoms with Crippen molar-refractivity contribution >= 4 is 21.9 Å². The molecule has 0 spiro atoms. The molecule has 2 N–H and O–H groups in total. The Morgan fingerprint density at radius 3 is 2.71 bits per heavy atom. The number of nitrogens with zero attached hydrogens (tertiary/aromatic N) is 2. The molecule has 0 radical (unpaired) electrons. The first-order chi connectivity index (χ1) is 6.86. The Balaban J connectivity index is 2.71. The highest BCUT2D eigenvalue weighted by atomic mass is 16.1. The van der Waals surface area contributed by atoms with Gasteiger partial charge in [-0.15, -0.1) is 0 Å². The Bertz CT molecular complexity index is 667. The highest BCUT2D eigenvalue weighted by Gasteiger charge is 2.05. The topological polar surface area (TPSA) is 74.4 Å². The van der Waals surface area contributed by atoms with E-state index in [1.165, 1.54) is 6.33 Å². The van der Waals surface area contributed by atoms with Gasteiger partial charge in [-0.05, 0) is 12.1 Å². The van der Waals surface area contributed by atoms with E-state index in [0.717, 1.165) is 11.0 Å². The predicted molar refractivity (Wildman–Crippen MR) is 52.0 cm³/mol. The number of aromatic nitrogens is 4. The Labute approximate surface area is 77.8 Å². The van der Waals surface area contributed by atoms with Crippen LogP contribution in [0.15, 0.2) is 29.6 Å². The van der Waals surface area contributed by atoms with E-state index in [4.69, 9.17) is 0 Å². The third-order valence-corrected chi connectivity index (χ3v) is 2.20. The number of nitrogens with one attached hydrogen (secondary N) is 2. The number of rotatable bonds is 0. The summed E-state index contributed by atoms with van der Waals surface area (Å²) in [7, 11) is 0. The van der Waals surface area contributed by atoms with Crippen molar-refractivity contribution in [2.75, 3.05) is 0 Å². The zero-order chi connectivity index (χ0) is 9.54. The van der Waals surface area contributed by atoms with Crippen LogP contribution in [0.5, 0.6) is 0 Å². The molecule has 14 heavy (non-hydrogen) atoms. The van der Waals surface area contributed by atoms with Crippen LogP contribution in [-0.4, -0.2) is 19.9 Å². The van der Waals surface area contributed by atoms with Crippen molar-refractivity contribution in [1.82, 2.24) is 19.9 Å². The van der Waals surface area contributed by atoms with Crippen molar-refractivity contribution in [2.24, 2.45) is 0 Å². The molecule has 0 aliphatic carbocycles. The van der Waals surface area contributed by atoms with Crippen molar-refractivity contribution in [3.05, 3.63) is 35.1 Å². The summed E-state index contributed by atoms with van der Waals surface area (Å²) < 4.78 is 0. The van der Waals surface area contributed by atoms with Gasteiger partial charge in [0.1, 0.15) is 11.0 Å². The quantitative estimate of drug-likeness (QED) is 0.545. The third-order valence-electron chi connectivity index (χ3n) is 2.20. The van der Waals surface area contributed by atoms with E-state index in [1.807, 2.05) is 6.07 Å². The molecule has 0 aliphatic heterocycles. The first kappa shape index (κ1) is 7.25. The number of aromatic amines is 2. The molecule has 5 nitrogen and oxygen atoms in total. The molecule has 5 heteroatoms. The second kappa shape index (κ2) is 2.41. The molecule has 0 saturated carbocycles. The lowest BCUT2D eigenvalue weighted by atomic mass is 10.2. The maximum Gasteiger partial charge on any atom is 0.258 e. The van der Waals surface area contributed by atoms with E-state index in [0.29, 0.717) is 10.9 Å². The van der Waals surface area contributed by atoms with Crippen LogP contribution in [0, 0.1) is 0 Å².